The van der Waals surface area contributed by atoms with Crippen LogP contribution in [-0.4, -0.2) is 4.98 Å². The van der Waals surface area contributed by atoms with Crippen molar-refractivity contribution in [2.75, 3.05) is 5.73 Å². The first-order valence-electron chi connectivity index (χ1n) is 5.20. The number of hydrogen-bond acceptors (Lipinski definition) is 3. The molecule has 0 bridgehead atoms. The summed E-state index contributed by atoms with van der Waals surface area (Å²) < 4.78 is 13.1. The van der Waals surface area contributed by atoms with Crippen LogP contribution in [0.1, 0.15) is 24.8 Å². The predicted molar refractivity (Wildman–Crippen MR) is 71.0 cm³/mol. The van der Waals surface area contributed by atoms with E-state index >= 15 is 0 Å². The van der Waals surface area contributed by atoms with Crippen LogP contribution in [0.15, 0.2) is 18.2 Å². The lowest BCUT2D eigenvalue weighted by atomic mass is 10.1. The molecule has 17 heavy (non-hydrogen) atoms. The van der Waals surface area contributed by atoms with E-state index in [1.165, 1.54) is 17.4 Å². The van der Waals surface area contributed by atoms with Crippen LogP contribution >= 0.6 is 22.9 Å². The Labute approximate surface area is 108 Å². The maximum Gasteiger partial charge on any atom is 0.141 e. The summed E-state index contributed by atoms with van der Waals surface area (Å²) >= 11 is 7.20. The van der Waals surface area contributed by atoms with E-state index in [0.29, 0.717) is 16.6 Å². The third-order valence-electron chi connectivity index (χ3n) is 2.36. The number of nitrogens with two attached hydrogens (primary N) is 1. The summed E-state index contributed by atoms with van der Waals surface area (Å²) in [6, 6.07) is 4.51. The largest absolute Gasteiger partial charge is 0.389 e. The quantitative estimate of drug-likeness (QED) is 0.883. The average molecular weight is 271 g/mol. The van der Waals surface area contributed by atoms with Gasteiger partial charge in [-0.2, -0.15) is 0 Å². The Morgan fingerprint density at radius 3 is 2.65 bits per heavy atom. The van der Waals surface area contributed by atoms with Gasteiger partial charge in [-0.25, -0.2) is 9.37 Å². The Morgan fingerprint density at radius 2 is 2.12 bits per heavy atom. The standard InChI is InChI=1S/C12H12ClFN2S/c1-6(2)12-16-10(11(15)17-12)7-3-4-9(14)8(13)5-7/h3-6H,15H2,1-2H3. The molecule has 1 aromatic carbocycles. The monoisotopic (exact) mass is 270 g/mol. The molecule has 0 aliphatic carbocycles. The van der Waals surface area contributed by atoms with Crippen LogP contribution in [0.25, 0.3) is 11.3 Å². The number of hydrogen-bond donors (Lipinski definition) is 1. The lowest BCUT2D eigenvalue weighted by Crippen LogP contribution is -1.88. The third kappa shape index (κ3) is 2.42. The summed E-state index contributed by atoms with van der Waals surface area (Å²) in [5, 5.41) is 1.69. The first-order chi connectivity index (χ1) is 7.99. The fourth-order valence-electron chi connectivity index (χ4n) is 1.45. The number of thiazole rings is 1. The van der Waals surface area contributed by atoms with E-state index in [2.05, 4.69) is 18.8 Å². The predicted octanol–water partition coefficient (Wildman–Crippen LogP) is 4.31. The Hall–Kier alpha value is -1.13. The summed E-state index contributed by atoms with van der Waals surface area (Å²) in [5.74, 6) is -0.111. The number of halogens is 2. The van der Waals surface area contributed by atoms with Crippen LogP contribution in [0.2, 0.25) is 5.02 Å². The number of benzene rings is 1. The van der Waals surface area contributed by atoms with Gasteiger partial charge in [0.25, 0.3) is 0 Å². The summed E-state index contributed by atoms with van der Waals surface area (Å²) in [6.07, 6.45) is 0. The lowest BCUT2D eigenvalue weighted by Gasteiger charge is -2.00. The van der Waals surface area contributed by atoms with E-state index in [-0.39, 0.29) is 5.02 Å². The van der Waals surface area contributed by atoms with Gasteiger partial charge in [0, 0.05) is 11.5 Å². The minimum atomic E-state index is -0.437. The van der Waals surface area contributed by atoms with E-state index in [4.69, 9.17) is 17.3 Å². The zero-order chi connectivity index (χ0) is 12.6. The summed E-state index contributed by atoms with van der Waals surface area (Å²) in [6.45, 7) is 4.11. The van der Waals surface area contributed by atoms with Gasteiger partial charge in [-0.05, 0) is 18.2 Å². The molecule has 1 aromatic heterocycles. The smallest absolute Gasteiger partial charge is 0.141 e. The van der Waals surface area contributed by atoms with Crippen LogP contribution in [0, 0.1) is 5.82 Å². The molecule has 2 nitrogen and oxygen atoms in total. The number of nitrogen functional groups attached to an aromatic ring is 1. The van der Waals surface area contributed by atoms with Crippen LogP contribution in [0.5, 0.6) is 0 Å². The van der Waals surface area contributed by atoms with E-state index in [9.17, 15) is 4.39 Å². The molecule has 0 aliphatic rings. The van der Waals surface area contributed by atoms with Crippen LogP contribution in [-0.2, 0) is 0 Å². The summed E-state index contributed by atoms with van der Waals surface area (Å²) in [7, 11) is 0. The van der Waals surface area contributed by atoms with E-state index in [1.807, 2.05) is 0 Å². The van der Waals surface area contributed by atoms with Gasteiger partial charge in [0.05, 0.1) is 10.0 Å². The van der Waals surface area contributed by atoms with Gasteiger partial charge < -0.3 is 5.73 Å². The third-order valence-corrected chi connectivity index (χ3v) is 3.83. The molecule has 0 atom stereocenters. The fourth-order valence-corrected chi connectivity index (χ4v) is 2.48. The molecule has 0 saturated heterocycles. The number of anilines is 1. The van der Waals surface area contributed by atoms with Crippen molar-refractivity contribution in [2.45, 2.75) is 19.8 Å². The van der Waals surface area contributed by atoms with Crippen molar-refractivity contribution < 1.29 is 4.39 Å². The van der Waals surface area contributed by atoms with Crippen molar-refractivity contribution in [3.63, 3.8) is 0 Å². The molecular formula is C12H12ClFN2S. The van der Waals surface area contributed by atoms with E-state index in [0.717, 1.165) is 10.6 Å². The van der Waals surface area contributed by atoms with Crippen molar-refractivity contribution in [3.05, 3.63) is 34.0 Å². The molecule has 0 aliphatic heterocycles. The van der Waals surface area contributed by atoms with Crippen LogP contribution < -0.4 is 5.73 Å². The van der Waals surface area contributed by atoms with Gasteiger partial charge in [0.2, 0.25) is 0 Å². The fraction of sp³-hybridized carbons (Fsp3) is 0.250. The maximum absolute atomic E-state index is 13.1. The molecule has 0 amide bonds. The number of aromatic nitrogens is 1. The Morgan fingerprint density at radius 1 is 1.41 bits per heavy atom. The first-order valence-corrected chi connectivity index (χ1v) is 6.40. The van der Waals surface area contributed by atoms with Gasteiger partial charge >= 0.3 is 0 Å². The van der Waals surface area contributed by atoms with E-state index in [1.54, 1.807) is 12.1 Å². The molecule has 0 spiro atoms. The minimum absolute atomic E-state index is 0.0843. The number of nitrogens with zero attached hydrogens (tertiary/aromatic N) is 1. The highest BCUT2D eigenvalue weighted by Gasteiger charge is 2.13. The Balaban J connectivity index is 2.49. The zero-order valence-corrected chi connectivity index (χ0v) is 11.1. The molecule has 0 fully saturated rings. The highest BCUT2D eigenvalue weighted by atomic mass is 35.5. The van der Waals surface area contributed by atoms with Crippen molar-refractivity contribution in [1.82, 2.24) is 4.98 Å². The van der Waals surface area contributed by atoms with Crippen molar-refractivity contribution in [2.24, 2.45) is 0 Å². The SMILES string of the molecule is CC(C)c1nc(-c2ccc(F)c(Cl)c2)c(N)s1. The molecule has 0 saturated carbocycles. The summed E-state index contributed by atoms with van der Waals surface area (Å²) in [4.78, 5) is 4.46. The highest BCUT2D eigenvalue weighted by molar-refractivity contribution is 7.16. The van der Waals surface area contributed by atoms with Gasteiger partial charge in [-0.3, -0.25) is 0 Å². The maximum atomic E-state index is 13.1. The van der Waals surface area contributed by atoms with Crippen molar-refractivity contribution in [3.8, 4) is 11.3 Å². The molecule has 2 rings (SSSR count). The van der Waals surface area contributed by atoms with E-state index < -0.39 is 5.82 Å². The molecule has 90 valence electrons. The minimum Gasteiger partial charge on any atom is -0.389 e. The van der Waals surface area contributed by atoms with Gasteiger partial charge in [0.15, 0.2) is 0 Å². The Kier molecular flexibility index (Phi) is 3.35. The highest BCUT2D eigenvalue weighted by Crippen LogP contribution is 2.34. The summed E-state index contributed by atoms with van der Waals surface area (Å²) in [5.41, 5.74) is 7.35. The molecule has 2 aromatic rings. The molecule has 0 unspecified atom stereocenters. The average Bonchev–Trinajstić information content (AvgIpc) is 2.65. The zero-order valence-electron chi connectivity index (χ0n) is 9.50. The topological polar surface area (TPSA) is 38.9 Å². The molecular weight excluding hydrogens is 259 g/mol. The molecule has 5 heteroatoms. The van der Waals surface area contributed by atoms with Crippen LogP contribution in [0.4, 0.5) is 9.39 Å². The second-order valence-electron chi connectivity index (χ2n) is 4.05. The van der Waals surface area contributed by atoms with Crippen LogP contribution in [0.3, 0.4) is 0 Å². The lowest BCUT2D eigenvalue weighted by molar-refractivity contribution is 0.628. The van der Waals surface area contributed by atoms with Crippen molar-refractivity contribution >= 4 is 27.9 Å². The van der Waals surface area contributed by atoms with Gasteiger partial charge in [-0.15, -0.1) is 11.3 Å². The normalized spacial score (nSPS) is 11.1. The van der Waals surface area contributed by atoms with Gasteiger partial charge in [0.1, 0.15) is 16.5 Å². The molecule has 1 heterocycles. The van der Waals surface area contributed by atoms with Crippen molar-refractivity contribution in [1.29, 1.82) is 0 Å². The van der Waals surface area contributed by atoms with Gasteiger partial charge in [-0.1, -0.05) is 25.4 Å². The first kappa shape index (κ1) is 12.3. The second-order valence-corrected chi connectivity index (χ2v) is 5.52. The molecule has 0 radical (unpaired) electrons. The Bertz CT molecular complexity index is 551. The molecule has 2 N–H and O–H groups in total. The number of rotatable bonds is 2. The second kappa shape index (κ2) is 4.63.